The van der Waals surface area contributed by atoms with Crippen LogP contribution in [0.4, 0.5) is 5.69 Å². The molecule has 4 N–H and O–H groups in total. The Morgan fingerprint density at radius 2 is 2.11 bits per heavy atom. The fourth-order valence-electron chi connectivity index (χ4n) is 0.376. The topological polar surface area (TPSA) is 79.4 Å². The van der Waals surface area contributed by atoms with Crippen molar-refractivity contribution >= 4 is 5.69 Å². The van der Waals surface area contributed by atoms with E-state index in [0.29, 0.717) is 5.69 Å². The van der Waals surface area contributed by atoms with E-state index in [1.807, 2.05) is 0 Å². The van der Waals surface area contributed by atoms with Crippen molar-refractivity contribution < 1.29 is 10.5 Å². The van der Waals surface area contributed by atoms with Crippen molar-refractivity contribution in [2.45, 2.75) is 0 Å². The van der Waals surface area contributed by atoms with Gasteiger partial charge in [-0.2, -0.15) is 0 Å². The first-order chi connectivity index (χ1) is 4.39. The second-order valence-electron chi connectivity index (χ2n) is 1.29. The van der Waals surface area contributed by atoms with E-state index in [2.05, 4.69) is 4.98 Å². The van der Waals surface area contributed by atoms with E-state index in [0.717, 1.165) is 0 Å². The van der Waals surface area contributed by atoms with E-state index in [1.165, 1.54) is 0 Å². The maximum atomic E-state index is 6.00. The Labute approximate surface area is 52.5 Å². The molecule has 1 heterocycles. The number of hydrogen-bond acceptors (Lipinski definition) is 4. The number of pyridine rings is 1. The van der Waals surface area contributed by atoms with Crippen LogP contribution >= 0.6 is 0 Å². The average molecular weight is 128 g/mol. The largest absolute Gasteiger partial charge is 0.397 e. The molecule has 0 aromatic carbocycles. The minimum absolute atomic E-state index is 0.711. The predicted molar refractivity (Wildman–Crippen MR) is 33.9 cm³/mol. The van der Waals surface area contributed by atoms with Crippen LogP contribution in [0, 0.1) is 0 Å². The van der Waals surface area contributed by atoms with Gasteiger partial charge in [-0.25, -0.2) is 0 Å². The Hall–Kier alpha value is -1.13. The molecular weight excluding hydrogens is 120 g/mol. The number of hydrogen-bond donors (Lipinski definition) is 3. The number of nitrogens with two attached hydrogens (primary N) is 1. The molecule has 4 heteroatoms. The Balaban J connectivity index is 0.000000291. The fourth-order valence-corrected chi connectivity index (χ4v) is 0.376. The molecule has 0 aliphatic rings. The summed E-state index contributed by atoms with van der Waals surface area (Å²) in [7, 11) is 0. The van der Waals surface area contributed by atoms with Gasteiger partial charge in [0, 0.05) is 12.4 Å². The van der Waals surface area contributed by atoms with Crippen LogP contribution in [0.2, 0.25) is 0 Å². The lowest BCUT2D eigenvalue weighted by atomic mass is 10.4. The SMILES string of the molecule is Nc1cccnc1.OO. The van der Waals surface area contributed by atoms with E-state index < -0.39 is 0 Å². The van der Waals surface area contributed by atoms with Gasteiger partial charge in [0.15, 0.2) is 0 Å². The van der Waals surface area contributed by atoms with E-state index in [4.69, 9.17) is 16.2 Å². The molecule has 0 amide bonds. The van der Waals surface area contributed by atoms with E-state index >= 15 is 0 Å². The Morgan fingerprint density at radius 1 is 1.44 bits per heavy atom. The van der Waals surface area contributed by atoms with Gasteiger partial charge in [0.05, 0.1) is 5.69 Å². The van der Waals surface area contributed by atoms with Crippen molar-refractivity contribution in [3.8, 4) is 0 Å². The fraction of sp³-hybridized carbons (Fsp3) is 0. The Bertz CT molecular complexity index is 143. The summed E-state index contributed by atoms with van der Waals surface area (Å²) >= 11 is 0. The van der Waals surface area contributed by atoms with Crippen LogP contribution < -0.4 is 5.73 Å². The molecule has 0 fully saturated rings. The Kier molecular flexibility index (Phi) is 4.39. The average Bonchev–Trinajstić information content (AvgIpc) is 1.94. The molecule has 9 heavy (non-hydrogen) atoms. The lowest BCUT2D eigenvalue weighted by Gasteiger charge is -1.83. The summed E-state index contributed by atoms with van der Waals surface area (Å²) in [6.45, 7) is 0. The van der Waals surface area contributed by atoms with E-state index in [-0.39, 0.29) is 0 Å². The molecule has 0 spiro atoms. The van der Waals surface area contributed by atoms with Crippen molar-refractivity contribution in [2.75, 3.05) is 5.73 Å². The monoisotopic (exact) mass is 128 g/mol. The summed E-state index contributed by atoms with van der Waals surface area (Å²) in [6, 6.07) is 3.60. The molecule has 0 bridgehead atoms. The summed E-state index contributed by atoms with van der Waals surface area (Å²) in [6.07, 6.45) is 3.30. The maximum Gasteiger partial charge on any atom is 0.0500 e. The van der Waals surface area contributed by atoms with Crippen LogP contribution in [0.25, 0.3) is 0 Å². The number of anilines is 1. The summed E-state index contributed by atoms with van der Waals surface area (Å²) in [5, 5.41) is 12.0. The summed E-state index contributed by atoms with van der Waals surface area (Å²) in [5.41, 5.74) is 6.01. The molecule has 0 saturated carbocycles. The zero-order valence-corrected chi connectivity index (χ0v) is 4.73. The lowest BCUT2D eigenvalue weighted by Crippen LogP contribution is -1.82. The Morgan fingerprint density at radius 3 is 2.33 bits per heavy atom. The highest BCUT2D eigenvalue weighted by Crippen LogP contribution is 1.92. The van der Waals surface area contributed by atoms with Gasteiger partial charge in [0.2, 0.25) is 0 Å². The summed E-state index contributed by atoms with van der Waals surface area (Å²) in [5.74, 6) is 0. The van der Waals surface area contributed by atoms with Crippen molar-refractivity contribution in [2.24, 2.45) is 0 Å². The third-order valence-electron chi connectivity index (χ3n) is 0.684. The van der Waals surface area contributed by atoms with Gasteiger partial charge in [0.25, 0.3) is 0 Å². The second-order valence-corrected chi connectivity index (χ2v) is 1.29. The van der Waals surface area contributed by atoms with Gasteiger partial charge in [-0.1, -0.05) is 0 Å². The quantitative estimate of drug-likeness (QED) is 0.354. The molecule has 0 aliphatic heterocycles. The molecule has 4 nitrogen and oxygen atoms in total. The highest BCUT2D eigenvalue weighted by molar-refractivity contribution is 5.32. The molecular formula is C5H8N2O2. The number of nitrogens with zero attached hydrogens (tertiary/aromatic N) is 1. The van der Waals surface area contributed by atoms with Gasteiger partial charge in [-0.05, 0) is 12.1 Å². The molecule has 0 saturated heterocycles. The molecule has 1 aromatic rings. The second kappa shape index (κ2) is 5.02. The van der Waals surface area contributed by atoms with Crippen molar-refractivity contribution in [1.82, 2.24) is 4.98 Å². The third kappa shape index (κ3) is 3.45. The molecule has 0 aliphatic carbocycles. The molecule has 1 rings (SSSR count). The molecule has 0 atom stereocenters. The van der Waals surface area contributed by atoms with Crippen molar-refractivity contribution in [1.29, 1.82) is 0 Å². The third-order valence-corrected chi connectivity index (χ3v) is 0.684. The van der Waals surface area contributed by atoms with Crippen LogP contribution in [-0.4, -0.2) is 15.5 Å². The van der Waals surface area contributed by atoms with E-state index in [1.54, 1.807) is 24.5 Å². The molecule has 1 aromatic heterocycles. The summed E-state index contributed by atoms with van der Waals surface area (Å²) in [4.78, 5) is 3.76. The van der Waals surface area contributed by atoms with Crippen LogP contribution in [0.5, 0.6) is 0 Å². The van der Waals surface area contributed by atoms with Crippen LogP contribution in [0.1, 0.15) is 0 Å². The molecule has 50 valence electrons. The number of rotatable bonds is 0. The van der Waals surface area contributed by atoms with Gasteiger partial charge in [-0.3, -0.25) is 15.5 Å². The van der Waals surface area contributed by atoms with Gasteiger partial charge in [-0.15, -0.1) is 0 Å². The lowest BCUT2D eigenvalue weighted by molar-refractivity contribution is -0.176. The highest BCUT2D eigenvalue weighted by atomic mass is 17.0. The van der Waals surface area contributed by atoms with Crippen molar-refractivity contribution in [3.63, 3.8) is 0 Å². The van der Waals surface area contributed by atoms with Crippen LogP contribution in [-0.2, 0) is 0 Å². The minimum Gasteiger partial charge on any atom is -0.397 e. The van der Waals surface area contributed by atoms with Gasteiger partial charge >= 0.3 is 0 Å². The summed E-state index contributed by atoms with van der Waals surface area (Å²) < 4.78 is 0. The van der Waals surface area contributed by atoms with Crippen LogP contribution in [0.15, 0.2) is 24.5 Å². The highest BCUT2D eigenvalue weighted by Gasteiger charge is 1.73. The number of nitrogen functional groups attached to an aromatic ring is 1. The molecule has 0 unspecified atom stereocenters. The van der Waals surface area contributed by atoms with Crippen LogP contribution in [0.3, 0.4) is 0 Å². The van der Waals surface area contributed by atoms with Crippen molar-refractivity contribution in [3.05, 3.63) is 24.5 Å². The zero-order valence-electron chi connectivity index (χ0n) is 4.73. The first-order valence-electron chi connectivity index (χ1n) is 2.25. The zero-order chi connectivity index (χ0) is 7.11. The normalized spacial score (nSPS) is 7.33. The predicted octanol–water partition coefficient (Wildman–Crippen LogP) is 0.681. The maximum absolute atomic E-state index is 6.00. The van der Waals surface area contributed by atoms with Gasteiger partial charge in [0.1, 0.15) is 0 Å². The first kappa shape index (κ1) is 7.87. The number of aromatic nitrogens is 1. The minimum atomic E-state index is 0.711. The smallest absolute Gasteiger partial charge is 0.0500 e. The van der Waals surface area contributed by atoms with Gasteiger partial charge < -0.3 is 5.73 Å². The standard InChI is InChI=1S/C5H6N2.H2O2/c6-5-2-1-3-7-4-5;1-2/h1-4H,6H2;1-2H. The first-order valence-corrected chi connectivity index (χ1v) is 2.25. The molecule has 0 radical (unpaired) electrons. The van der Waals surface area contributed by atoms with E-state index in [9.17, 15) is 0 Å².